The van der Waals surface area contributed by atoms with Gasteiger partial charge >= 0.3 is 17.9 Å². The fourth-order valence-electron chi connectivity index (χ4n) is 10.4. The second-order valence-electron chi connectivity index (χ2n) is 23.8. The minimum Gasteiger partial charge on any atom is -0.462 e. The standard InChI is InChI=1S/C75H134O6/c1-4-7-10-13-16-19-22-25-28-31-34-37-40-43-46-49-52-55-58-61-64-67-73(76)79-70-72(81-75(78)69-66-63-60-57-54-51-48-45-42-39-36-33-30-27-24-21-18-15-12-9-6-3)71-80-74(77)68-65-62-59-56-53-50-47-44-41-38-35-32-29-26-23-20-17-14-11-8-5-2/h7,10,16,19,25,28,33-34,36-37,43,46,72H,4-6,8-9,11-15,17-18,20-24,26-27,29-32,35,38-42,44-45,47-71H2,1-3H3/b10-7-,19-16-,28-25-,36-33-,37-34-,46-43-. The van der Waals surface area contributed by atoms with Gasteiger partial charge in [-0.25, -0.2) is 0 Å². The summed E-state index contributed by atoms with van der Waals surface area (Å²) in [6.07, 6.45) is 90.6. The highest BCUT2D eigenvalue weighted by Gasteiger charge is 2.19. The Morgan fingerprint density at radius 1 is 0.259 bits per heavy atom. The van der Waals surface area contributed by atoms with Crippen LogP contribution in [0.4, 0.5) is 0 Å². The van der Waals surface area contributed by atoms with E-state index in [0.717, 1.165) is 109 Å². The molecule has 1 unspecified atom stereocenters. The molecule has 0 spiro atoms. The van der Waals surface area contributed by atoms with Crippen LogP contribution < -0.4 is 0 Å². The van der Waals surface area contributed by atoms with Crippen molar-refractivity contribution in [2.24, 2.45) is 0 Å². The molecule has 0 saturated carbocycles. The van der Waals surface area contributed by atoms with Crippen molar-refractivity contribution >= 4 is 17.9 Å². The van der Waals surface area contributed by atoms with E-state index in [4.69, 9.17) is 14.2 Å². The van der Waals surface area contributed by atoms with E-state index < -0.39 is 6.10 Å². The zero-order valence-corrected chi connectivity index (χ0v) is 54.1. The Morgan fingerprint density at radius 2 is 0.481 bits per heavy atom. The summed E-state index contributed by atoms with van der Waals surface area (Å²) in [7, 11) is 0. The van der Waals surface area contributed by atoms with Crippen LogP contribution in [0.5, 0.6) is 0 Å². The second-order valence-corrected chi connectivity index (χ2v) is 23.8. The average Bonchev–Trinajstić information content (AvgIpc) is 3.47. The molecule has 1 atom stereocenters. The maximum atomic E-state index is 13.0. The van der Waals surface area contributed by atoms with Crippen molar-refractivity contribution in [3.63, 3.8) is 0 Å². The van der Waals surface area contributed by atoms with Gasteiger partial charge in [-0.05, 0) is 89.9 Å². The lowest BCUT2D eigenvalue weighted by molar-refractivity contribution is -0.167. The third-order valence-electron chi connectivity index (χ3n) is 15.7. The third-order valence-corrected chi connectivity index (χ3v) is 15.7. The Kier molecular flexibility index (Phi) is 66.6. The first-order valence-corrected chi connectivity index (χ1v) is 35.4. The summed E-state index contributed by atoms with van der Waals surface area (Å²) in [5.41, 5.74) is 0. The summed E-state index contributed by atoms with van der Waals surface area (Å²) in [4.78, 5) is 38.5. The van der Waals surface area contributed by atoms with Gasteiger partial charge in [0, 0.05) is 19.3 Å². The smallest absolute Gasteiger partial charge is 0.306 e. The summed E-state index contributed by atoms with van der Waals surface area (Å²) >= 11 is 0. The molecule has 6 nitrogen and oxygen atoms in total. The Labute approximate surface area is 503 Å². The largest absolute Gasteiger partial charge is 0.462 e. The zero-order valence-electron chi connectivity index (χ0n) is 54.1. The van der Waals surface area contributed by atoms with Gasteiger partial charge in [-0.2, -0.15) is 0 Å². The van der Waals surface area contributed by atoms with Gasteiger partial charge in [0.15, 0.2) is 6.10 Å². The molecular weight excluding hydrogens is 997 g/mol. The SMILES string of the molecule is CC/C=C\C/C=C\C/C=C\C/C=C\C/C=C\CCCCCCCC(=O)OCC(COC(=O)CCCCCCCCCCCCCCCCCCCCCCC)OC(=O)CCCCCCCCCCC/C=C\CCCCCCCCCC. The quantitative estimate of drug-likeness (QED) is 0.0261. The van der Waals surface area contributed by atoms with Crippen molar-refractivity contribution in [3.8, 4) is 0 Å². The van der Waals surface area contributed by atoms with Crippen molar-refractivity contribution in [2.45, 2.75) is 374 Å². The van der Waals surface area contributed by atoms with Crippen LogP contribution in [0.15, 0.2) is 72.9 Å². The lowest BCUT2D eigenvalue weighted by atomic mass is 10.0. The second kappa shape index (κ2) is 69.3. The minimum atomic E-state index is -0.786. The van der Waals surface area contributed by atoms with E-state index in [1.165, 1.54) is 218 Å². The number of rotatable bonds is 65. The molecule has 0 saturated heterocycles. The summed E-state index contributed by atoms with van der Waals surface area (Å²) in [5.74, 6) is -0.877. The molecule has 81 heavy (non-hydrogen) atoms. The first-order chi connectivity index (χ1) is 40.0. The van der Waals surface area contributed by atoms with Crippen LogP contribution in [-0.2, 0) is 28.6 Å². The normalized spacial score (nSPS) is 12.5. The van der Waals surface area contributed by atoms with E-state index in [-0.39, 0.29) is 31.1 Å². The fourth-order valence-corrected chi connectivity index (χ4v) is 10.4. The Hall–Kier alpha value is -3.15. The number of hydrogen-bond donors (Lipinski definition) is 0. The lowest BCUT2D eigenvalue weighted by Crippen LogP contribution is -2.30. The number of hydrogen-bond acceptors (Lipinski definition) is 6. The molecule has 470 valence electrons. The van der Waals surface area contributed by atoms with Crippen LogP contribution in [0.2, 0.25) is 0 Å². The highest BCUT2D eigenvalue weighted by atomic mass is 16.6. The molecule has 0 aromatic carbocycles. The number of esters is 3. The molecule has 0 rings (SSSR count). The van der Waals surface area contributed by atoms with Gasteiger partial charge in [-0.3, -0.25) is 14.4 Å². The molecule has 6 heteroatoms. The van der Waals surface area contributed by atoms with Crippen molar-refractivity contribution in [3.05, 3.63) is 72.9 Å². The molecule has 0 aliphatic rings. The molecular formula is C75H134O6. The first kappa shape index (κ1) is 77.9. The molecule has 0 fully saturated rings. The first-order valence-electron chi connectivity index (χ1n) is 35.4. The molecule has 0 aromatic rings. The highest BCUT2D eigenvalue weighted by molar-refractivity contribution is 5.71. The van der Waals surface area contributed by atoms with Crippen LogP contribution in [0.3, 0.4) is 0 Å². The fraction of sp³-hybridized carbons (Fsp3) is 0.800. The van der Waals surface area contributed by atoms with Crippen LogP contribution in [0.25, 0.3) is 0 Å². The maximum absolute atomic E-state index is 13.0. The van der Waals surface area contributed by atoms with E-state index >= 15 is 0 Å². The Bertz CT molecular complexity index is 1490. The van der Waals surface area contributed by atoms with Gasteiger partial charge in [-0.15, -0.1) is 0 Å². The Balaban J connectivity index is 4.38. The van der Waals surface area contributed by atoms with Crippen molar-refractivity contribution in [1.82, 2.24) is 0 Å². The van der Waals surface area contributed by atoms with Gasteiger partial charge in [0.05, 0.1) is 0 Å². The average molecular weight is 1130 g/mol. The van der Waals surface area contributed by atoms with Gasteiger partial charge in [0.25, 0.3) is 0 Å². The van der Waals surface area contributed by atoms with Crippen LogP contribution in [-0.4, -0.2) is 37.2 Å². The third kappa shape index (κ3) is 67.5. The number of allylic oxidation sites excluding steroid dienone is 12. The van der Waals surface area contributed by atoms with Crippen molar-refractivity contribution < 1.29 is 28.6 Å². The predicted molar refractivity (Wildman–Crippen MR) is 353 cm³/mol. The monoisotopic (exact) mass is 1130 g/mol. The Morgan fingerprint density at radius 3 is 0.765 bits per heavy atom. The molecule has 0 amide bonds. The van der Waals surface area contributed by atoms with E-state index in [9.17, 15) is 14.4 Å². The highest BCUT2D eigenvalue weighted by Crippen LogP contribution is 2.18. The van der Waals surface area contributed by atoms with Gasteiger partial charge in [0.2, 0.25) is 0 Å². The zero-order chi connectivity index (χ0) is 58.5. The molecule has 0 heterocycles. The number of carbonyl (C=O) groups excluding carboxylic acids is 3. The summed E-state index contributed by atoms with van der Waals surface area (Å²) in [6, 6.07) is 0. The van der Waals surface area contributed by atoms with Gasteiger partial charge in [-0.1, -0.05) is 331 Å². The van der Waals surface area contributed by atoms with Gasteiger partial charge < -0.3 is 14.2 Å². The van der Waals surface area contributed by atoms with Crippen LogP contribution in [0.1, 0.15) is 367 Å². The summed E-state index contributed by atoms with van der Waals surface area (Å²) < 4.78 is 17.0. The lowest BCUT2D eigenvalue weighted by Gasteiger charge is -2.18. The number of ether oxygens (including phenoxy) is 3. The van der Waals surface area contributed by atoms with Gasteiger partial charge in [0.1, 0.15) is 13.2 Å². The molecule has 0 bridgehead atoms. The number of unbranched alkanes of at least 4 members (excludes halogenated alkanes) is 42. The molecule has 0 aromatic heterocycles. The molecule has 0 aliphatic carbocycles. The van der Waals surface area contributed by atoms with E-state index in [0.29, 0.717) is 19.3 Å². The van der Waals surface area contributed by atoms with Crippen LogP contribution >= 0.6 is 0 Å². The van der Waals surface area contributed by atoms with E-state index in [1.807, 2.05) is 0 Å². The van der Waals surface area contributed by atoms with Crippen LogP contribution in [0, 0.1) is 0 Å². The summed E-state index contributed by atoms with van der Waals surface area (Å²) in [6.45, 7) is 6.57. The molecule has 0 N–H and O–H groups in total. The van der Waals surface area contributed by atoms with E-state index in [2.05, 4.69) is 93.7 Å². The maximum Gasteiger partial charge on any atom is 0.306 e. The minimum absolute atomic E-state index is 0.0788. The molecule has 0 aliphatic heterocycles. The summed E-state index contributed by atoms with van der Waals surface area (Å²) in [5, 5.41) is 0. The van der Waals surface area contributed by atoms with Crippen molar-refractivity contribution in [2.75, 3.05) is 13.2 Å². The molecule has 0 radical (unpaired) electrons. The number of carbonyl (C=O) groups is 3. The predicted octanol–water partition coefficient (Wildman–Crippen LogP) is 24.4. The van der Waals surface area contributed by atoms with Crippen molar-refractivity contribution in [1.29, 1.82) is 0 Å². The van der Waals surface area contributed by atoms with E-state index in [1.54, 1.807) is 0 Å². The topological polar surface area (TPSA) is 78.9 Å².